The van der Waals surface area contributed by atoms with Crippen LogP contribution in [0, 0.1) is 0 Å². The average molecular weight is 235 g/mol. The number of hydrogen-bond donors (Lipinski definition) is 1. The van der Waals surface area contributed by atoms with E-state index in [0.717, 1.165) is 0 Å². The summed E-state index contributed by atoms with van der Waals surface area (Å²) in [6, 6.07) is 6.36. The molecule has 1 rings (SSSR count). The Balaban J connectivity index is 2.63. The maximum atomic E-state index is 11.5. The second-order valence-electron chi connectivity index (χ2n) is 3.46. The smallest absolute Gasteiger partial charge is 0.303 e. The average Bonchev–Trinajstić information content (AvgIpc) is 2.26. The molecule has 0 aliphatic carbocycles. The van der Waals surface area contributed by atoms with E-state index in [4.69, 9.17) is 0 Å². The number of ether oxygens (including phenoxy) is 1. The van der Waals surface area contributed by atoms with Crippen LogP contribution in [0.3, 0.4) is 0 Å². The zero-order valence-electron chi connectivity index (χ0n) is 9.65. The predicted molar refractivity (Wildman–Crippen MR) is 61.7 cm³/mol. The van der Waals surface area contributed by atoms with E-state index in [2.05, 4.69) is 10.1 Å². The number of Topliss-reactive ketones (excluding diaryl/α,β-unsaturated/α-hetero) is 1. The molecule has 1 aromatic carbocycles. The topological polar surface area (TPSA) is 72.5 Å². The number of rotatable bonds is 4. The number of carbonyl (C=O) groups is 3. The monoisotopic (exact) mass is 235 g/mol. The molecular weight excluding hydrogens is 222 g/mol. The normalized spacial score (nSPS) is 9.53. The van der Waals surface area contributed by atoms with E-state index in [9.17, 15) is 14.4 Å². The van der Waals surface area contributed by atoms with Crippen LogP contribution in [-0.2, 0) is 14.3 Å². The molecule has 5 heteroatoms. The Kier molecular flexibility index (Phi) is 4.39. The van der Waals surface area contributed by atoms with Gasteiger partial charge in [0.25, 0.3) is 0 Å². The molecule has 0 saturated carbocycles. The lowest BCUT2D eigenvalue weighted by Crippen LogP contribution is -2.12. The van der Waals surface area contributed by atoms with Gasteiger partial charge in [-0.1, -0.05) is 0 Å². The third-order valence-electron chi connectivity index (χ3n) is 1.93. The fraction of sp³-hybridized carbons (Fsp3) is 0.250. The number of ketones is 1. The van der Waals surface area contributed by atoms with Gasteiger partial charge >= 0.3 is 5.97 Å². The number of hydrogen-bond acceptors (Lipinski definition) is 4. The van der Waals surface area contributed by atoms with Crippen molar-refractivity contribution in [3.05, 3.63) is 29.8 Å². The quantitative estimate of drug-likeness (QED) is 0.632. The second-order valence-corrected chi connectivity index (χ2v) is 3.46. The van der Waals surface area contributed by atoms with Crippen LogP contribution in [0.1, 0.15) is 24.2 Å². The molecule has 1 aromatic rings. The van der Waals surface area contributed by atoms with Gasteiger partial charge < -0.3 is 10.1 Å². The van der Waals surface area contributed by atoms with Crippen molar-refractivity contribution in [2.45, 2.75) is 13.8 Å². The van der Waals surface area contributed by atoms with Crippen molar-refractivity contribution >= 4 is 23.3 Å². The summed E-state index contributed by atoms with van der Waals surface area (Å²) in [5.74, 6) is -0.952. The molecule has 0 fully saturated rings. The van der Waals surface area contributed by atoms with E-state index in [1.165, 1.54) is 13.8 Å². The minimum Gasteiger partial charge on any atom is -0.457 e. The highest BCUT2D eigenvalue weighted by molar-refractivity contribution is 5.98. The van der Waals surface area contributed by atoms with Crippen molar-refractivity contribution in [1.29, 1.82) is 0 Å². The molecule has 17 heavy (non-hydrogen) atoms. The molecule has 0 bridgehead atoms. The molecule has 1 N–H and O–H groups in total. The first kappa shape index (κ1) is 12.9. The Bertz CT molecular complexity index is 436. The van der Waals surface area contributed by atoms with E-state index in [1.807, 2.05) is 0 Å². The summed E-state index contributed by atoms with van der Waals surface area (Å²) in [4.78, 5) is 32.8. The van der Waals surface area contributed by atoms with E-state index in [-0.39, 0.29) is 18.3 Å². The molecule has 0 unspecified atom stereocenters. The van der Waals surface area contributed by atoms with Crippen molar-refractivity contribution in [2.75, 3.05) is 11.9 Å². The van der Waals surface area contributed by atoms with Crippen LogP contribution in [0.5, 0.6) is 0 Å². The maximum Gasteiger partial charge on any atom is 0.303 e. The predicted octanol–water partition coefficient (Wildman–Crippen LogP) is 1.39. The fourth-order valence-electron chi connectivity index (χ4n) is 1.19. The summed E-state index contributed by atoms with van der Waals surface area (Å²) < 4.78 is 4.59. The van der Waals surface area contributed by atoms with Crippen molar-refractivity contribution in [3.63, 3.8) is 0 Å². The third-order valence-corrected chi connectivity index (χ3v) is 1.93. The number of amides is 1. The van der Waals surface area contributed by atoms with Gasteiger partial charge in [-0.15, -0.1) is 0 Å². The maximum absolute atomic E-state index is 11.5. The van der Waals surface area contributed by atoms with Gasteiger partial charge in [0.1, 0.15) is 0 Å². The summed E-state index contributed by atoms with van der Waals surface area (Å²) in [5.41, 5.74) is 1.04. The molecule has 1 amide bonds. The SMILES string of the molecule is CC(=O)Nc1ccc(C(=O)COC(C)=O)cc1. The lowest BCUT2D eigenvalue weighted by molar-refractivity contribution is -0.139. The first-order valence-corrected chi connectivity index (χ1v) is 5.03. The summed E-state index contributed by atoms with van der Waals surface area (Å²) in [5, 5.41) is 2.59. The van der Waals surface area contributed by atoms with Gasteiger partial charge in [0, 0.05) is 25.1 Å². The molecule has 0 heterocycles. The van der Waals surface area contributed by atoms with Crippen molar-refractivity contribution in [3.8, 4) is 0 Å². The van der Waals surface area contributed by atoms with E-state index in [0.29, 0.717) is 11.3 Å². The van der Waals surface area contributed by atoms with Crippen LogP contribution in [0.25, 0.3) is 0 Å². The Hall–Kier alpha value is -2.17. The number of anilines is 1. The van der Waals surface area contributed by atoms with Crippen molar-refractivity contribution in [1.82, 2.24) is 0 Å². The van der Waals surface area contributed by atoms with Gasteiger partial charge in [0.2, 0.25) is 5.91 Å². The van der Waals surface area contributed by atoms with Crippen LogP contribution in [0.4, 0.5) is 5.69 Å². The largest absolute Gasteiger partial charge is 0.457 e. The molecule has 0 spiro atoms. The number of benzene rings is 1. The molecule has 0 aromatic heterocycles. The highest BCUT2D eigenvalue weighted by Crippen LogP contribution is 2.10. The molecule has 0 saturated heterocycles. The molecule has 0 radical (unpaired) electrons. The fourth-order valence-corrected chi connectivity index (χ4v) is 1.19. The van der Waals surface area contributed by atoms with Gasteiger partial charge in [-0.25, -0.2) is 0 Å². The Morgan fingerprint density at radius 1 is 1.12 bits per heavy atom. The lowest BCUT2D eigenvalue weighted by Gasteiger charge is -2.04. The van der Waals surface area contributed by atoms with Gasteiger partial charge in [-0.2, -0.15) is 0 Å². The summed E-state index contributed by atoms with van der Waals surface area (Å²) >= 11 is 0. The third kappa shape index (κ3) is 4.46. The Morgan fingerprint density at radius 3 is 2.18 bits per heavy atom. The zero-order chi connectivity index (χ0) is 12.8. The van der Waals surface area contributed by atoms with Gasteiger partial charge in [-0.3, -0.25) is 14.4 Å². The van der Waals surface area contributed by atoms with Gasteiger partial charge in [0.15, 0.2) is 12.4 Å². The molecule has 0 atom stereocenters. The second kappa shape index (κ2) is 5.79. The van der Waals surface area contributed by atoms with E-state index in [1.54, 1.807) is 24.3 Å². The Morgan fingerprint density at radius 2 is 1.71 bits per heavy atom. The van der Waals surface area contributed by atoms with Crippen LogP contribution >= 0.6 is 0 Å². The zero-order valence-corrected chi connectivity index (χ0v) is 9.65. The first-order valence-electron chi connectivity index (χ1n) is 5.03. The molecule has 0 aliphatic heterocycles. The van der Waals surface area contributed by atoms with Gasteiger partial charge in [-0.05, 0) is 24.3 Å². The minimum atomic E-state index is -0.492. The molecular formula is C12H13NO4. The molecule has 5 nitrogen and oxygen atoms in total. The number of carbonyl (C=O) groups excluding carboxylic acids is 3. The number of nitrogens with one attached hydrogen (secondary N) is 1. The molecule has 0 aliphatic rings. The summed E-state index contributed by atoms with van der Waals surface area (Å²) in [6.45, 7) is 2.38. The van der Waals surface area contributed by atoms with Crippen LogP contribution in [-0.4, -0.2) is 24.3 Å². The lowest BCUT2D eigenvalue weighted by atomic mass is 10.1. The van der Waals surface area contributed by atoms with Crippen LogP contribution < -0.4 is 5.32 Å². The van der Waals surface area contributed by atoms with E-state index < -0.39 is 5.97 Å². The molecule has 90 valence electrons. The van der Waals surface area contributed by atoms with Crippen LogP contribution in [0.15, 0.2) is 24.3 Å². The summed E-state index contributed by atoms with van der Waals surface area (Å²) in [6.07, 6.45) is 0. The summed E-state index contributed by atoms with van der Waals surface area (Å²) in [7, 11) is 0. The van der Waals surface area contributed by atoms with Gasteiger partial charge in [0.05, 0.1) is 0 Å². The van der Waals surface area contributed by atoms with E-state index >= 15 is 0 Å². The first-order chi connectivity index (χ1) is 7.99. The van der Waals surface area contributed by atoms with Crippen LogP contribution in [0.2, 0.25) is 0 Å². The highest BCUT2D eigenvalue weighted by atomic mass is 16.5. The van der Waals surface area contributed by atoms with Crippen molar-refractivity contribution < 1.29 is 19.1 Å². The minimum absolute atomic E-state index is 0.177. The highest BCUT2D eigenvalue weighted by Gasteiger charge is 2.07. The number of esters is 1. The standard InChI is InChI=1S/C12H13NO4/c1-8(14)13-11-5-3-10(4-6-11)12(16)7-17-9(2)15/h3-6H,7H2,1-2H3,(H,13,14). The Labute approximate surface area is 98.8 Å². The van der Waals surface area contributed by atoms with Crippen molar-refractivity contribution in [2.24, 2.45) is 0 Å².